The zero-order valence-electron chi connectivity index (χ0n) is 14.0. The number of hydrogen-bond donors (Lipinski definition) is 1. The lowest BCUT2D eigenvalue weighted by molar-refractivity contribution is 0.102. The zero-order valence-corrected chi connectivity index (χ0v) is 14.0. The molecule has 5 nitrogen and oxygen atoms in total. The van der Waals surface area contributed by atoms with Gasteiger partial charge < -0.3 is 5.32 Å². The zero-order chi connectivity index (χ0) is 17.9. The largest absolute Gasteiger partial charge is 0.305 e. The molecule has 0 atom stereocenters. The van der Waals surface area contributed by atoms with Crippen LogP contribution in [0.1, 0.15) is 46.2 Å². The molecule has 3 aromatic rings. The molecule has 1 N–H and O–H groups in total. The molecular formula is C20H17FN4O. The first-order chi connectivity index (χ1) is 12.7. The maximum absolute atomic E-state index is 13.2. The van der Waals surface area contributed by atoms with E-state index in [2.05, 4.69) is 20.3 Å². The average Bonchev–Trinajstić information content (AvgIpc) is 3.49. The SMILES string of the molecule is O=C(Nc1ccc(Cc2cccc(F)c2)cn1)c1ccnc(C2CC2)n1. The van der Waals surface area contributed by atoms with Crippen molar-refractivity contribution in [3.8, 4) is 0 Å². The van der Waals surface area contributed by atoms with E-state index in [-0.39, 0.29) is 11.7 Å². The van der Waals surface area contributed by atoms with Crippen molar-refractivity contribution in [1.29, 1.82) is 0 Å². The van der Waals surface area contributed by atoms with Gasteiger partial charge in [-0.15, -0.1) is 0 Å². The standard InChI is InChI=1S/C20H17FN4O/c21-16-3-1-2-13(11-16)10-14-4-7-18(23-12-14)25-20(26)17-8-9-22-19(24-17)15-5-6-15/h1-4,7-9,11-12,15H,5-6,10H2,(H,23,25,26). The van der Waals surface area contributed by atoms with Crippen molar-refractivity contribution in [2.75, 3.05) is 5.32 Å². The molecule has 1 saturated carbocycles. The number of anilines is 1. The Morgan fingerprint density at radius 2 is 2.00 bits per heavy atom. The molecule has 0 saturated heterocycles. The van der Waals surface area contributed by atoms with E-state index in [9.17, 15) is 9.18 Å². The van der Waals surface area contributed by atoms with Gasteiger partial charge in [0.15, 0.2) is 0 Å². The number of carbonyl (C=O) groups is 1. The number of halogens is 1. The molecule has 1 amide bonds. The highest BCUT2D eigenvalue weighted by atomic mass is 19.1. The highest BCUT2D eigenvalue weighted by Crippen LogP contribution is 2.37. The minimum atomic E-state index is -0.306. The molecule has 1 aliphatic carbocycles. The van der Waals surface area contributed by atoms with Gasteiger partial charge in [0, 0.05) is 18.3 Å². The summed E-state index contributed by atoms with van der Waals surface area (Å²) >= 11 is 0. The predicted octanol–water partition coefficient (Wildman–Crippen LogP) is 3.73. The van der Waals surface area contributed by atoms with Gasteiger partial charge in [-0.2, -0.15) is 0 Å². The Bertz CT molecular complexity index is 939. The summed E-state index contributed by atoms with van der Waals surface area (Å²) in [5.41, 5.74) is 2.15. The quantitative estimate of drug-likeness (QED) is 0.763. The van der Waals surface area contributed by atoms with Crippen LogP contribution in [0.15, 0.2) is 54.9 Å². The van der Waals surface area contributed by atoms with Gasteiger partial charge in [0.25, 0.3) is 5.91 Å². The van der Waals surface area contributed by atoms with Gasteiger partial charge in [0.2, 0.25) is 0 Å². The van der Waals surface area contributed by atoms with Crippen LogP contribution in [0.4, 0.5) is 10.2 Å². The third-order valence-corrected chi connectivity index (χ3v) is 4.21. The summed E-state index contributed by atoms with van der Waals surface area (Å²) in [5, 5.41) is 2.74. The number of rotatable bonds is 5. The predicted molar refractivity (Wildman–Crippen MR) is 95.4 cm³/mol. The molecular weight excluding hydrogens is 331 g/mol. The first kappa shape index (κ1) is 16.3. The second-order valence-corrected chi connectivity index (χ2v) is 6.39. The molecule has 4 rings (SSSR count). The van der Waals surface area contributed by atoms with Crippen LogP contribution in [0.2, 0.25) is 0 Å². The smallest absolute Gasteiger partial charge is 0.275 e. The van der Waals surface area contributed by atoms with Gasteiger partial charge >= 0.3 is 0 Å². The summed E-state index contributed by atoms with van der Waals surface area (Å²) in [6.45, 7) is 0. The molecule has 2 aromatic heterocycles. The normalized spacial score (nSPS) is 13.4. The van der Waals surface area contributed by atoms with Crippen LogP contribution in [0.25, 0.3) is 0 Å². The van der Waals surface area contributed by atoms with E-state index in [4.69, 9.17) is 0 Å². The van der Waals surface area contributed by atoms with Gasteiger partial charge in [-0.3, -0.25) is 4.79 Å². The Morgan fingerprint density at radius 1 is 1.12 bits per heavy atom. The van der Waals surface area contributed by atoms with Gasteiger partial charge in [-0.1, -0.05) is 18.2 Å². The van der Waals surface area contributed by atoms with Crippen LogP contribution in [0.3, 0.4) is 0 Å². The monoisotopic (exact) mass is 348 g/mol. The minimum absolute atomic E-state index is 0.255. The Hall–Kier alpha value is -3.15. The molecule has 130 valence electrons. The third kappa shape index (κ3) is 3.91. The van der Waals surface area contributed by atoms with Gasteiger partial charge in [-0.05, 0) is 54.7 Å². The molecule has 0 radical (unpaired) electrons. The summed E-state index contributed by atoms with van der Waals surface area (Å²) in [5.74, 6) is 1.01. The molecule has 1 aromatic carbocycles. The van der Waals surface area contributed by atoms with Crippen molar-refractivity contribution in [2.45, 2.75) is 25.2 Å². The Balaban J connectivity index is 1.42. The lowest BCUT2D eigenvalue weighted by Crippen LogP contribution is -2.15. The Kier molecular flexibility index (Phi) is 4.39. The molecule has 0 unspecified atom stereocenters. The van der Waals surface area contributed by atoms with Crippen molar-refractivity contribution in [1.82, 2.24) is 15.0 Å². The van der Waals surface area contributed by atoms with Gasteiger partial charge in [0.1, 0.15) is 23.2 Å². The van der Waals surface area contributed by atoms with Gasteiger partial charge in [-0.25, -0.2) is 19.3 Å². The highest BCUT2D eigenvalue weighted by Gasteiger charge is 2.27. The number of amides is 1. The fraction of sp³-hybridized carbons (Fsp3) is 0.200. The first-order valence-electron chi connectivity index (χ1n) is 8.51. The van der Waals surface area contributed by atoms with Crippen LogP contribution in [0, 0.1) is 5.82 Å². The van der Waals surface area contributed by atoms with Crippen molar-refractivity contribution in [3.63, 3.8) is 0 Å². The number of hydrogen-bond acceptors (Lipinski definition) is 4. The summed E-state index contributed by atoms with van der Waals surface area (Å²) in [4.78, 5) is 25.1. The van der Waals surface area contributed by atoms with Crippen LogP contribution in [-0.4, -0.2) is 20.9 Å². The second kappa shape index (κ2) is 7.00. The van der Waals surface area contributed by atoms with E-state index in [1.807, 2.05) is 12.1 Å². The number of pyridine rings is 1. The summed E-state index contributed by atoms with van der Waals surface area (Å²) < 4.78 is 13.2. The average molecular weight is 348 g/mol. The van der Waals surface area contributed by atoms with Crippen LogP contribution in [-0.2, 0) is 6.42 Å². The minimum Gasteiger partial charge on any atom is -0.305 e. The first-order valence-corrected chi connectivity index (χ1v) is 8.51. The van der Waals surface area contributed by atoms with Crippen molar-refractivity contribution in [2.24, 2.45) is 0 Å². The second-order valence-electron chi connectivity index (χ2n) is 6.39. The van der Waals surface area contributed by atoms with E-state index in [0.29, 0.717) is 23.9 Å². The fourth-order valence-electron chi connectivity index (χ4n) is 2.70. The topological polar surface area (TPSA) is 67.8 Å². The van der Waals surface area contributed by atoms with Crippen molar-refractivity contribution >= 4 is 11.7 Å². The molecule has 1 aliphatic rings. The highest BCUT2D eigenvalue weighted by molar-refractivity contribution is 6.02. The van der Waals surface area contributed by atoms with Crippen molar-refractivity contribution < 1.29 is 9.18 Å². The number of benzene rings is 1. The number of nitrogens with zero attached hydrogens (tertiary/aromatic N) is 3. The Labute approximate surface area is 150 Å². The summed E-state index contributed by atoms with van der Waals surface area (Å²) in [6.07, 6.45) is 6.04. The van der Waals surface area contributed by atoms with Crippen LogP contribution >= 0.6 is 0 Å². The lowest BCUT2D eigenvalue weighted by Gasteiger charge is -2.06. The van der Waals surface area contributed by atoms with E-state index >= 15 is 0 Å². The summed E-state index contributed by atoms with van der Waals surface area (Å²) in [6, 6.07) is 11.7. The Morgan fingerprint density at radius 3 is 2.73 bits per heavy atom. The lowest BCUT2D eigenvalue weighted by atomic mass is 10.1. The molecule has 1 fully saturated rings. The fourth-order valence-corrected chi connectivity index (χ4v) is 2.70. The van der Waals surface area contributed by atoms with Crippen molar-refractivity contribution in [3.05, 3.63) is 83.3 Å². The number of carbonyl (C=O) groups excluding carboxylic acids is 1. The molecule has 0 spiro atoms. The van der Waals surface area contributed by atoms with E-state index in [0.717, 1.165) is 29.8 Å². The molecule has 2 heterocycles. The summed E-state index contributed by atoms with van der Waals surface area (Å²) in [7, 11) is 0. The molecule has 0 aliphatic heterocycles. The molecule has 6 heteroatoms. The number of nitrogens with one attached hydrogen (secondary N) is 1. The maximum Gasteiger partial charge on any atom is 0.275 e. The van der Waals surface area contributed by atoms with Crippen LogP contribution in [0.5, 0.6) is 0 Å². The maximum atomic E-state index is 13.2. The number of aromatic nitrogens is 3. The van der Waals surface area contributed by atoms with Crippen LogP contribution < -0.4 is 5.32 Å². The third-order valence-electron chi connectivity index (χ3n) is 4.21. The van der Waals surface area contributed by atoms with E-state index in [1.54, 1.807) is 30.6 Å². The van der Waals surface area contributed by atoms with Gasteiger partial charge in [0.05, 0.1) is 0 Å². The molecule has 26 heavy (non-hydrogen) atoms. The van der Waals surface area contributed by atoms with E-state index < -0.39 is 0 Å². The molecule has 0 bridgehead atoms. The van der Waals surface area contributed by atoms with E-state index in [1.165, 1.54) is 12.1 Å².